The van der Waals surface area contributed by atoms with E-state index in [0.29, 0.717) is 16.7 Å². The molecule has 0 saturated carbocycles. The maximum atomic E-state index is 12.1. The van der Waals surface area contributed by atoms with Crippen LogP contribution in [-0.4, -0.2) is 23.0 Å². The number of ether oxygens (including phenoxy) is 2. The van der Waals surface area contributed by atoms with Gasteiger partial charge in [0.05, 0.1) is 22.2 Å². The van der Waals surface area contributed by atoms with Crippen LogP contribution in [0, 0.1) is 17.0 Å². The molecule has 2 rings (SSSR count). The van der Waals surface area contributed by atoms with E-state index in [1.54, 1.807) is 45.0 Å². The van der Waals surface area contributed by atoms with Crippen LogP contribution in [-0.2, 0) is 16.1 Å². The number of hydrogen-bond donors (Lipinski definition) is 0. The van der Waals surface area contributed by atoms with Gasteiger partial charge >= 0.3 is 11.9 Å². The van der Waals surface area contributed by atoms with Crippen molar-refractivity contribution in [1.82, 2.24) is 0 Å². The molecule has 0 aliphatic carbocycles. The summed E-state index contributed by atoms with van der Waals surface area (Å²) < 4.78 is 10.3. The summed E-state index contributed by atoms with van der Waals surface area (Å²) in [6.07, 6.45) is -0.201. The zero-order valence-corrected chi connectivity index (χ0v) is 14.7. The van der Waals surface area contributed by atoms with Crippen molar-refractivity contribution in [3.05, 3.63) is 74.8 Å². The Kier molecular flexibility index (Phi) is 6.06. The van der Waals surface area contributed by atoms with Gasteiger partial charge in [-0.25, -0.2) is 9.59 Å². The molecule has 7 nitrogen and oxygen atoms in total. The van der Waals surface area contributed by atoms with E-state index < -0.39 is 16.9 Å². The molecule has 0 aliphatic rings. The Labute approximate surface area is 150 Å². The van der Waals surface area contributed by atoms with Crippen molar-refractivity contribution < 1.29 is 24.0 Å². The third kappa shape index (κ3) is 4.89. The summed E-state index contributed by atoms with van der Waals surface area (Å²) in [6.45, 7) is 5.12. The molecular weight excluding hydrogens is 338 g/mol. The van der Waals surface area contributed by atoms with E-state index in [-0.39, 0.29) is 24.0 Å². The second-order valence-corrected chi connectivity index (χ2v) is 5.99. The first-order valence-corrected chi connectivity index (χ1v) is 8.00. The molecule has 0 N–H and O–H groups in total. The van der Waals surface area contributed by atoms with Crippen molar-refractivity contribution in [3.8, 4) is 0 Å². The quantitative estimate of drug-likeness (QED) is 0.443. The number of nitro benzene ring substituents is 1. The van der Waals surface area contributed by atoms with E-state index in [2.05, 4.69) is 0 Å². The summed E-state index contributed by atoms with van der Waals surface area (Å²) in [5.74, 6) is -0.990. The molecule has 2 aromatic carbocycles. The number of carbonyl (C=O) groups is 2. The Morgan fingerprint density at radius 2 is 1.65 bits per heavy atom. The lowest BCUT2D eigenvalue weighted by atomic mass is 10.1. The number of nitrogens with zero attached hydrogens (tertiary/aromatic N) is 1. The number of rotatable bonds is 6. The highest BCUT2D eigenvalue weighted by Gasteiger charge is 2.15. The number of hydrogen-bond acceptors (Lipinski definition) is 6. The molecule has 0 unspecified atom stereocenters. The molecule has 0 spiro atoms. The predicted molar refractivity (Wildman–Crippen MR) is 93.9 cm³/mol. The molecule has 0 aliphatic heterocycles. The number of aryl methyl sites for hydroxylation is 1. The van der Waals surface area contributed by atoms with E-state index >= 15 is 0 Å². The van der Waals surface area contributed by atoms with Gasteiger partial charge < -0.3 is 9.47 Å². The van der Waals surface area contributed by atoms with Crippen molar-refractivity contribution in [2.75, 3.05) is 0 Å². The summed E-state index contributed by atoms with van der Waals surface area (Å²) in [5.41, 5.74) is 1.70. The van der Waals surface area contributed by atoms with Gasteiger partial charge in [0, 0.05) is 11.6 Å². The third-order valence-corrected chi connectivity index (χ3v) is 3.53. The maximum absolute atomic E-state index is 12.1. The Bertz CT molecular complexity index is 826. The summed E-state index contributed by atoms with van der Waals surface area (Å²) in [7, 11) is 0. The van der Waals surface area contributed by atoms with Gasteiger partial charge in [0.2, 0.25) is 0 Å². The van der Waals surface area contributed by atoms with Crippen molar-refractivity contribution in [3.63, 3.8) is 0 Å². The fraction of sp³-hybridized carbons (Fsp3) is 0.263. The zero-order chi connectivity index (χ0) is 19.3. The van der Waals surface area contributed by atoms with Gasteiger partial charge in [-0.05, 0) is 50.6 Å². The summed E-state index contributed by atoms with van der Waals surface area (Å²) in [5, 5.41) is 10.8. The molecule has 26 heavy (non-hydrogen) atoms. The highest BCUT2D eigenvalue weighted by atomic mass is 16.6. The first kappa shape index (κ1) is 19.1. The summed E-state index contributed by atoms with van der Waals surface area (Å²) in [6, 6.07) is 10.6. The SMILES string of the molecule is Cc1cc(C(=O)OCc2ccc(C(=O)OC(C)C)cc2)ccc1[N+](=O)[O-]. The molecule has 0 fully saturated rings. The third-order valence-electron chi connectivity index (χ3n) is 3.53. The summed E-state index contributed by atoms with van der Waals surface area (Å²) in [4.78, 5) is 34.2. The lowest BCUT2D eigenvalue weighted by Gasteiger charge is -2.09. The molecule has 7 heteroatoms. The van der Waals surface area contributed by atoms with Gasteiger partial charge in [0.15, 0.2) is 0 Å². The summed E-state index contributed by atoms with van der Waals surface area (Å²) >= 11 is 0. The molecule has 0 heterocycles. The normalized spacial score (nSPS) is 10.5. The van der Waals surface area contributed by atoms with Gasteiger partial charge in [-0.2, -0.15) is 0 Å². The minimum Gasteiger partial charge on any atom is -0.459 e. The van der Waals surface area contributed by atoms with Crippen LogP contribution in [0.15, 0.2) is 42.5 Å². The largest absolute Gasteiger partial charge is 0.459 e. The number of esters is 2. The van der Waals surface area contributed by atoms with Gasteiger partial charge in [-0.3, -0.25) is 10.1 Å². The van der Waals surface area contributed by atoms with Crippen LogP contribution in [0.1, 0.15) is 45.7 Å². The van der Waals surface area contributed by atoms with Crippen molar-refractivity contribution in [2.45, 2.75) is 33.5 Å². The average Bonchev–Trinajstić information content (AvgIpc) is 2.59. The standard InChI is InChI=1S/C19H19NO6/c1-12(2)26-19(22)15-6-4-14(5-7-15)11-25-18(21)16-8-9-17(20(23)24)13(3)10-16/h4-10,12H,11H2,1-3H3. The fourth-order valence-corrected chi connectivity index (χ4v) is 2.24. The maximum Gasteiger partial charge on any atom is 0.338 e. The molecule has 0 atom stereocenters. The first-order chi connectivity index (χ1) is 12.3. The second kappa shape index (κ2) is 8.24. The van der Waals surface area contributed by atoms with Crippen LogP contribution in [0.2, 0.25) is 0 Å². The van der Waals surface area contributed by atoms with Crippen molar-refractivity contribution in [1.29, 1.82) is 0 Å². The highest BCUT2D eigenvalue weighted by molar-refractivity contribution is 5.90. The minimum atomic E-state index is -0.578. The van der Waals surface area contributed by atoms with Gasteiger partial charge in [-0.1, -0.05) is 12.1 Å². The Balaban J connectivity index is 1.98. The van der Waals surface area contributed by atoms with Crippen LogP contribution in [0.4, 0.5) is 5.69 Å². The van der Waals surface area contributed by atoms with Gasteiger partial charge in [0.25, 0.3) is 5.69 Å². The molecule has 0 aromatic heterocycles. The monoisotopic (exact) mass is 357 g/mol. The predicted octanol–water partition coefficient (Wildman–Crippen LogP) is 3.83. The van der Waals surface area contributed by atoms with Crippen molar-refractivity contribution >= 4 is 17.6 Å². The first-order valence-electron chi connectivity index (χ1n) is 8.00. The second-order valence-electron chi connectivity index (χ2n) is 5.99. The van der Waals surface area contributed by atoms with Crippen LogP contribution in [0.25, 0.3) is 0 Å². The van der Waals surface area contributed by atoms with E-state index in [4.69, 9.17) is 9.47 Å². The number of nitro groups is 1. The zero-order valence-electron chi connectivity index (χ0n) is 14.7. The topological polar surface area (TPSA) is 95.7 Å². The molecule has 0 amide bonds. The molecule has 0 bridgehead atoms. The van der Waals surface area contributed by atoms with E-state index in [0.717, 1.165) is 0 Å². The lowest BCUT2D eigenvalue weighted by Crippen LogP contribution is -2.11. The van der Waals surface area contributed by atoms with Crippen LogP contribution in [0.3, 0.4) is 0 Å². The van der Waals surface area contributed by atoms with Crippen LogP contribution in [0.5, 0.6) is 0 Å². The number of benzene rings is 2. The molecule has 0 radical (unpaired) electrons. The molecule has 0 saturated heterocycles. The van der Waals surface area contributed by atoms with E-state index in [1.165, 1.54) is 18.2 Å². The highest BCUT2D eigenvalue weighted by Crippen LogP contribution is 2.19. The average molecular weight is 357 g/mol. The number of carbonyl (C=O) groups excluding carboxylic acids is 2. The van der Waals surface area contributed by atoms with E-state index in [9.17, 15) is 19.7 Å². The minimum absolute atomic E-state index is 0.0222. The molecule has 136 valence electrons. The van der Waals surface area contributed by atoms with E-state index in [1.807, 2.05) is 0 Å². The lowest BCUT2D eigenvalue weighted by molar-refractivity contribution is -0.385. The van der Waals surface area contributed by atoms with Gasteiger partial charge in [0.1, 0.15) is 6.61 Å². The molecule has 2 aromatic rings. The van der Waals surface area contributed by atoms with Crippen LogP contribution >= 0.6 is 0 Å². The van der Waals surface area contributed by atoms with Crippen LogP contribution < -0.4 is 0 Å². The smallest absolute Gasteiger partial charge is 0.338 e. The Hall–Kier alpha value is -3.22. The Morgan fingerprint density at radius 1 is 1.04 bits per heavy atom. The Morgan fingerprint density at radius 3 is 2.19 bits per heavy atom. The molecular formula is C19H19NO6. The van der Waals surface area contributed by atoms with Crippen molar-refractivity contribution in [2.24, 2.45) is 0 Å². The van der Waals surface area contributed by atoms with Gasteiger partial charge in [-0.15, -0.1) is 0 Å². The fourth-order valence-electron chi connectivity index (χ4n) is 2.24.